The van der Waals surface area contributed by atoms with Crippen molar-refractivity contribution in [2.45, 2.75) is 13.5 Å². The minimum Gasteiger partial charge on any atom is -0.486 e. The van der Waals surface area contributed by atoms with Gasteiger partial charge in [0.05, 0.1) is 6.54 Å². The van der Waals surface area contributed by atoms with Crippen LogP contribution in [0.5, 0.6) is 5.75 Å². The molecule has 3 aromatic rings. The number of rotatable bonds is 7. The number of halogens is 2. The quantitative estimate of drug-likeness (QED) is 0.559. The van der Waals surface area contributed by atoms with E-state index in [1.54, 1.807) is 48.5 Å². The number of furan rings is 1. The average Bonchev–Trinajstić information content (AvgIpc) is 3.18. The molecule has 8 heteroatoms. The van der Waals surface area contributed by atoms with Gasteiger partial charge in [-0.3, -0.25) is 9.59 Å². The number of carbonyl (C=O) groups excluding carboxylic acids is 2. The van der Waals surface area contributed by atoms with Crippen LogP contribution in [0.1, 0.15) is 21.9 Å². The second-order valence-corrected chi connectivity index (χ2v) is 7.07. The van der Waals surface area contributed by atoms with Crippen molar-refractivity contribution in [2.24, 2.45) is 0 Å². The summed E-state index contributed by atoms with van der Waals surface area (Å²) >= 11 is 11.8. The van der Waals surface area contributed by atoms with Crippen LogP contribution in [0.4, 0.5) is 5.69 Å². The zero-order chi connectivity index (χ0) is 20.8. The number of benzene rings is 2. The van der Waals surface area contributed by atoms with Crippen molar-refractivity contribution >= 4 is 40.7 Å². The zero-order valence-electron chi connectivity index (χ0n) is 15.5. The summed E-state index contributed by atoms with van der Waals surface area (Å²) in [6.07, 6.45) is 0. The van der Waals surface area contributed by atoms with Gasteiger partial charge in [-0.1, -0.05) is 29.3 Å². The molecule has 150 valence electrons. The number of hydrogen-bond acceptors (Lipinski definition) is 4. The number of nitrogens with one attached hydrogen (secondary N) is 2. The molecule has 1 aromatic heterocycles. The van der Waals surface area contributed by atoms with Crippen molar-refractivity contribution in [1.29, 1.82) is 0 Å². The van der Waals surface area contributed by atoms with Gasteiger partial charge in [0.15, 0.2) is 5.76 Å². The minimum atomic E-state index is -0.499. The summed E-state index contributed by atoms with van der Waals surface area (Å²) in [5, 5.41) is 6.35. The highest BCUT2D eigenvalue weighted by Crippen LogP contribution is 2.20. The predicted molar refractivity (Wildman–Crippen MR) is 112 cm³/mol. The first-order chi connectivity index (χ1) is 13.9. The molecule has 6 nitrogen and oxygen atoms in total. The Balaban J connectivity index is 1.48. The third-order valence-corrected chi connectivity index (χ3v) is 4.45. The van der Waals surface area contributed by atoms with Crippen molar-refractivity contribution in [3.63, 3.8) is 0 Å². The van der Waals surface area contributed by atoms with Crippen molar-refractivity contribution in [2.75, 3.05) is 11.9 Å². The monoisotopic (exact) mass is 432 g/mol. The summed E-state index contributed by atoms with van der Waals surface area (Å²) in [5.74, 6) is 0.322. The molecule has 2 N–H and O–H groups in total. The van der Waals surface area contributed by atoms with E-state index in [0.29, 0.717) is 27.2 Å². The summed E-state index contributed by atoms with van der Waals surface area (Å²) in [5.41, 5.74) is 1.46. The van der Waals surface area contributed by atoms with E-state index in [0.717, 1.165) is 5.56 Å². The smallest absolute Gasteiger partial charge is 0.287 e. The van der Waals surface area contributed by atoms with Crippen molar-refractivity contribution in [3.8, 4) is 5.75 Å². The van der Waals surface area contributed by atoms with Crippen molar-refractivity contribution in [1.82, 2.24) is 5.32 Å². The highest BCUT2D eigenvalue weighted by Gasteiger charge is 2.13. The summed E-state index contributed by atoms with van der Waals surface area (Å²) in [7, 11) is 0. The van der Waals surface area contributed by atoms with Gasteiger partial charge in [-0.15, -0.1) is 0 Å². The van der Waals surface area contributed by atoms with Crippen molar-refractivity contribution < 1.29 is 18.7 Å². The topological polar surface area (TPSA) is 80.6 Å². The maximum Gasteiger partial charge on any atom is 0.287 e. The Morgan fingerprint density at radius 1 is 1.00 bits per heavy atom. The van der Waals surface area contributed by atoms with E-state index in [4.69, 9.17) is 32.4 Å². The standard InChI is InChI=1S/C21H18Cl2N2O4/c1-13-2-3-15(23)10-18(13)25-20(26)11-24-21(27)19-9-8-17(29-19)12-28-16-6-4-14(22)5-7-16/h2-10H,11-12H2,1H3,(H,24,27)(H,25,26). The molecule has 0 spiro atoms. The van der Waals surface area contributed by atoms with E-state index in [2.05, 4.69) is 10.6 Å². The maximum absolute atomic E-state index is 12.2. The zero-order valence-corrected chi connectivity index (χ0v) is 17.0. The molecule has 0 fully saturated rings. The number of amides is 2. The molecule has 0 bridgehead atoms. The summed E-state index contributed by atoms with van der Waals surface area (Å²) in [6, 6.07) is 15.2. The van der Waals surface area contributed by atoms with Gasteiger partial charge < -0.3 is 19.8 Å². The molecule has 2 aromatic carbocycles. The molecule has 0 aliphatic rings. The lowest BCUT2D eigenvalue weighted by Gasteiger charge is -2.09. The number of hydrogen-bond donors (Lipinski definition) is 2. The summed E-state index contributed by atoms with van der Waals surface area (Å²) in [6.45, 7) is 1.80. The number of anilines is 1. The lowest BCUT2D eigenvalue weighted by molar-refractivity contribution is -0.115. The Labute approximate surface area is 177 Å². The molecule has 1 heterocycles. The van der Waals surface area contributed by atoms with Gasteiger partial charge in [0.1, 0.15) is 18.1 Å². The molecule has 0 radical (unpaired) electrons. The van der Waals surface area contributed by atoms with Crippen LogP contribution in [0.25, 0.3) is 0 Å². The highest BCUT2D eigenvalue weighted by molar-refractivity contribution is 6.31. The van der Waals surface area contributed by atoms with Crippen LogP contribution >= 0.6 is 23.2 Å². The molecule has 0 unspecified atom stereocenters. The van der Waals surface area contributed by atoms with Crippen LogP contribution in [0.15, 0.2) is 59.0 Å². The molecule has 3 rings (SSSR count). The molecular formula is C21H18Cl2N2O4. The fourth-order valence-corrected chi connectivity index (χ4v) is 2.73. The van der Waals surface area contributed by atoms with Crippen LogP contribution in [0.2, 0.25) is 10.0 Å². The van der Waals surface area contributed by atoms with Gasteiger partial charge in [-0.25, -0.2) is 0 Å². The SMILES string of the molecule is Cc1ccc(Cl)cc1NC(=O)CNC(=O)c1ccc(COc2ccc(Cl)cc2)o1. The largest absolute Gasteiger partial charge is 0.486 e. The first-order valence-electron chi connectivity index (χ1n) is 8.72. The Morgan fingerprint density at radius 2 is 1.72 bits per heavy atom. The van der Waals surface area contributed by atoms with E-state index in [1.807, 2.05) is 6.92 Å². The van der Waals surface area contributed by atoms with Gasteiger partial charge in [-0.05, 0) is 61.0 Å². The Bertz CT molecular complexity index is 1020. The number of carbonyl (C=O) groups is 2. The lowest BCUT2D eigenvalue weighted by Crippen LogP contribution is -2.32. The average molecular weight is 433 g/mol. The van der Waals surface area contributed by atoms with Crippen LogP contribution in [-0.2, 0) is 11.4 Å². The Kier molecular flexibility index (Phi) is 6.80. The molecule has 0 aliphatic heterocycles. The molecule has 2 amide bonds. The molecule has 29 heavy (non-hydrogen) atoms. The van der Waals surface area contributed by atoms with Gasteiger partial charge in [0, 0.05) is 15.7 Å². The van der Waals surface area contributed by atoms with Crippen LogP contribution < -0.4 is 15.4 Å². The molecule has 0 saturated heterocycles. The van der Waals surface area contributed by atoms with E-state index in [1.165, 1.54) is 6.07 Å². The second kappa shape index (κ2) is 9.49. The molecule has 0 saturated carbocycles. The van der Waals surface area contributed by atoms with Gasteiger partial charge >= 0.3 is 0 Å². The Hall–Kier alpha value is -2.96. The maximum atomic E-state index is 12.2. The minimum absolute atomic E-state index is 0.0893. The van der Waals surface area contributed by atoms with E-state index >= 15 is 0 Å². The molecule has 0 atom stereocenters. The number of ether oxygens (including phenoxy) is 1. The third kappa shape index (κ3) is 6.01. The molecule has 0 aliphatic carbocycles. The van der Waals surface area contributed by atoms with E-state index in [-0.39, 0.29) is 24.8 Å². The number of aryl methyl sites for hydroxylation is 1. The Morgan fingerprint density at radius 3 is 2.48 bits per heavy atom. The highest BCUT2D eigenvalue weighted by atomic mass is 35.5. The van der Waals surface area contributed by atoms with Crippen LogP contribution in [-0.4, -0.2) is 18.4 Å². The van der Waals surface area contributed by atoms with Crippen LogP contribution in [0.3, 0.4) is 0 Å². The van der Waals surface area contributed by atoms with Crippen molar-refractivity contribution in [3.05, 3.63) is 81.7 Å². The second-order valence-electron chi connectivity index (χ2n) is 6.20. The van der Waals surface area contributed by atoms with Crippen LogP contribution in [0, 0.1) is 6.92 Å². The van der Waals surface area contributed by atoms with Gasteiger partial charge in [0.2, 0.25) is 5.91 Å². The normalized spacial score (nSPS) is 10.4. The van der Waals surface area contributed by atoms with Gasteiger partial charge in [-0.2, -0.15) is 0 Å². The summed E-state index contributed by atoms with van der Waals surface area (Å²) < 4.78 is 11.0. The lowest BCUT2D eigenvalue weighted by atomic mass is 10.2. The predicted octanol–water partition coefficient (Wildman–Crippen LogP) is 4.84. The fraction of sp³-hybridized carbons (Fsp3) is 0.143. The van der Waals surface area contributed by atoms with Gasteiger partial charge in [0.25, 0.3) is 5.91 Å². The van der Waals surface area contributed by atoms with E-state index in [9.17, 15) is 9.59 Å². The first-order valence-corrected chi connectivity index (χ1v) is 9.47. The third-order valence-electron chi connectivity index (χ3n) is 3.96. The first kappa shape index (κ1) is 20.8. The summed E-state index contributed by atoms with van der Waals surface area (Å²) in [4.78, 5) is 24.3. The van der Waals surface area contributed by atoms with E-state index < -0.39 is 5.91 Å². The fourth-order valence-electron chi connectivity index (χ4n) is 2.43. The molecular weight excluding hydrogens is 415 g/mol.